The number of amides is 3. The van der Waals surface area contributed by atoms with E-state index in [-0.39, 0.29) is 16.3 Å². The topological polar surface area (TPSA) is 58.2 Å². The lowest BCUT2D eigenvalue weighted by atomic mass is 10.2. The van der Waals surface area contributed by atoms with Gasteiger partial charge in [0, 0.05) is 10.7 Å². The van der Waals surface area contributed by atoms with Crippen molar-refractivity contribution in [3.63, 3.8) is 0 Å². The molecule has 3 amide bonds. The van der Waals surface area contributed by atoms with Crippen LogP contribution in [0, 0.1) is 11.6 Å². The maximum Gasteiger partial charge on any atom is 0.326 e. The van der Waals surface area contributed by atoms with Crippen LogP contribution in [0.2, 0.25) is 7.85 Å². The Labute approximate surface area is 126 Å². The summed E-state index contributed by atoms with van der Waals surface area (Å²) >= 11 is 5.67. The Hall–Kier alpha value is -2.47. The smallest absolute Gasteiger partial charge is 0.308 e. The molecule has 0 atom stereocenters. The monoisotopic (exact) mass is 312 g/mol. The van der Waals surface area contributed by atoms with Crippen molar-refractivity contribution < 1.29 is 21.2 Å². The molecule has 0 aliphatic heterocycles. The molecule has 0 unspecified atom stereocenters. The quantitative estimate of drug-likeness (QED) is 0.890. The van der Waals surface area contributed by atoms with E-state index in [4.69, 9.17) is 14.4 Å². The van der Waals surface area contributed by atoms with Gasteiger partial charge in [0.05, 0.1) is 0 Å². The van der Waals surface area contributed by atoms with Crippen molar-refractivity contribution in [1.29, 1.82) is 0 Å². The van der Waals surface area contributed by atoms with E-state index < -0.39 is 29.1 Å². The molecule has 0 aliphatic carbocycles. The van der Waals surface area contributed by atoms with Gasteiger partial charge in [-0.25, -0.2) is 13.6 Å². The zero-order valence-corrected chi connectivity index (χ0v) is 11.1. The van der Waals surface area contributed by atoms with Crippen LogP contribution in [0.5, 0.6) is 0 Å². The van der Waals surface area contributed by atoms with Gasteiger partial charge in [-0.2, -0.15) is 0 Å². The molecule has 0 saturated heterocycles. The third-order valence-corrected chi connectivity index (χ3v) is 2.68. The number of rotatable bonds is 2. The van der Waals surface area contributed by atoms with E-state index in [1.807, 2.05) is 0 Å². The fourth-order valence-corrected chi connectivity index (χ4v) is 1.62. The Morgan fingerprint density at radius 2 is 1.62 bits per heavy atom. The number of hydrogen-bond donors (Lipinski definition) is 2. The molecule has 0 aliphatic rings. The summed E-state index contributed by atoms with van der Waals surface area (Å²) in [6.07, 6.45) is 0. The van der Waals surface area contributed by atoms with E-state index >= 15 is 0 Å². The van der Waals surface area contributed by atoms with Gasteiger partial charge in [0.15, 0.2) is 2.82 Å². The number of carbonyl (C=O) groups is 2. The highest BCUT2D eigenvalue weighted by Crippen LogP contribution is 2.14. The number of anilines is 1. The third kappa shape index (κ3) is 3.76. The Bertz CT molecular complexity index is 739. The molecule has 7 heteroatoms. The number of benzene rings is 2. The van der Waals surface area contributed by atoms with Crippen LogP contribution in [0.4, 0.5) is 19.3 Å². The van der Waals surface area contributed by atoms with Crippen molar-refractivity contribution in [2.45, 2.75) is 0 Å². The van der Waals surface area contributed by atoms with Crippen LogP contribution >= 0.6 is 11.6 Å². The molecule has 0 fully saturated rings. The molecule has 2 rings (SSSR count). The molecule has 0 spiro atoms. The van der Waals surface area contributed by atoms with Gasteiger partial charge in [0.1, 0.15) is 17.2 Å². The normalized spacial score (nSPS) is 11.4. The maximum absolute atomic E-state index is 13.5. The Balaban J connectivity index is 2.25. The minimum atomic E-state index is -1.52. The summed E-state index contributed by atoms with van der Waals surface area (Å²) in [4.78, 5) is 23.9. The van der Waals surface area contributed by atoms with Gasteiger partial charge in [-0.3, -0.25) is 10.1 Å². The Morgan fingerprint density at radius 3 is 2.19 bits per heavy atom. The van der Waals surface area contributed by atoms with Gasteiger partial charge < -0.3 is 5.31 Å². The lowest BCUT2D eigenvalue weighted by Crippen LogP contribution is -2.35. The van der Waals surface area contributed by atoms with Crippen LogP contribution in [0.15, 0.2) is 42.5 Å². The second kappa shape index (κ2) is 6.32. The highest BCUT2D eigenvalue weighted by atomic mass is 35.5. The van der Waals surface area contributed by atoms with Crippen LogP contribution in [-0.4, -0.2) is 11.9 Å². The molecule has 0 saturated carbocycles. The molecular formula is C14H9ClF2N2O2. The van der Waals surface area contributed by atoms with Crippen molar-refractivity contribution >= 4 is 29.2 Å². The van der Waals surface area contributed by atoms with Crippen LogP contribution in [0.25, 0.3) is 0 Å². The van der Waals surface area contributed by atoms with Crippen molar-refractivity contribution in [3.05, 3.63) is 64.7 Å². The molecule has 0 aromatic heterocycles. The SMILES string of the molecule is [2H]N(C(=O)c1c(F)cccc1F)C(=O)N([2H])c1ccc(Cl)cc1. The molecule has 0 bridgehead atoms. The molecular weight excluding hydrogens is 302 g/mol. The molecule has 2 aromatic carbocycles. The van der Waals surface area contributed by atoms with Crippen LogP contribution < -0.4 is 10.6 Å². The molecule has 0 heterocycles. The van der Waals surface area contributed by atoms with Crippen LogP contribution in [0.3, 0.4) is 0 Å². The van der Waals surface area contributed by atoms with Gasteiger partial charge in [-0.15, -0.1) is 0 Å². The average molecular weight is 313 g/mol. The first-order chi connectivity index (χ1) is 10.8. The van der Waals surface area contributed by atoms with Crippen LogP contribution in [0.1, 0.15) is 10.4 Å². The van der Waals surface area contributed by atoms with Gasteiger partial charge >= 0.3 is 6.03 Å². The summed E-state index contributed by atoms with van der Waals surface area (Å²) in [5.74, 6) is -3.93. The Kier molecular flexibility index (Phi) is 3.70. The van der Waals surface area contributed by atoms with Crippen molar-refractivity contribution in [2.24, 2.45) is 0 Å². The van der Waals surface area contributed by atoms with E-state index in [2.05, 4.69) is 0 Å². The van der Waals surface area contributed by atoms with E-state index in [1.54, 1.807) is 0 Å². The maximum atomic E-state index is 13.5. The first-order valence-corrected chi connectivity index (χ1v) is 6.06. The lowest BCUT2D eigenvalue weighted by molar-refractivity contribution is 0.0959. The van der Waals surface area contributed by atoms with Crippen molar-refractivity contribution in [2.75, 3.05) is 5.31 Å². The van der Waals surface area contributed by atoms with E-state index in [0.717, 1.165) is 18.2 Å². The number of urea groups is 1. The molecule has 2 aromatic rings. The molecule has 2 N–H and O–H groups in total. The largest absolute Gasteiger partial charge is 0.326 e. The Morgan fingerprint density at radius 1 is 1.05 bits per heavy atom. The van der Waals surface area contributed by atoms with Gasteiger partial charge in [0.2, 0.25) is 0 Å². The van der Waals surface area contributed by atoms with E-state index in [9.17, 15) is 18.4 Å². The highest BCUT2D eigenvalue weighted by Gasteiger charge is 2.19. The summed E-state index contributed by atoms with van der Waals surface area (Å²) in [6, 6.07) is 6.72. The van der Waals surface area contributed by atoms with E-state index in [0.29, 0.717) is 5.02 Å². The fourth-order valence-electron chi connectivity index (χ4n) is 1.50. The summed E-state index contributed by atoms with van der Waals surface area (Å²) in [7, 11) is 0. The summed E-state index contributed by atoms with van der Waals surface area (Å²) in [6.45, 7) is 0. The van der Waals surface area contributed by atoms with Gasteiger partial charge in [0.25, 0.3) is 5.91 Å². The zero-order chi connectivity index (χ0) is 17.1. The average Bonchev–Trinajstić information content (AvgIpc) is 2.53. The van der Waals surface area contributed by atoms with Crippen molar-refractivity contribution in [1.82, 2.24) is 5.31 Å². The second-order valence-electron chi connectivity index (χ2n) is 3.88. The molecule has 21 heavy (non-hydrogen) atoms. The van der Waals surface area contributed by atoms with Crippen LogP contribution in [-0.2, 0) is 0 Å². The number of imide groups is 1. The summed E-state index contributed by atoms with van der Waals surface area (Å²) in [5.41, 5.74) is -1.01. The van der Waals surface area contributed by atoms with Gasteiger partial charge in [-0.05, 0) is 36.4 Å². The summed E-state index contributed by atoms with van der Waals surface area (Å²) in [5, 5.41) is 0.310. The van der Waals surface area contributed by atoms with E-state index in [1.165, 1.54) is 24.3 Å². The molecule has 108 valence electrons. The summed E-state index contributed by atoms with van der Waals surface area (Å²) < 4.78 is 42.1. The highest BCUT2D eigenvalue weighted by molar-refractivity contribution is 6.30. The number of nitrogens with one attached hydrogen (secondary N) is 2. The first kappa shape index (κ1) is 12.3. The lowest BCUT2D eigenvalue weighted by Gasteiger charge is -2.08. The number of hydrogen-bond acceptors (Lipinski definition) is 2. The number of halogens is 3. The second-order valence-corrected chi connectivity index (χ2v) is 4.32. The third-order valence-electron chi connectivity index (χ3n) is 2.43. The predicted octanol–water partition coefficient (Wildman–Crippen LogP) is 3.58. The minimum absolute atomic E-state index is 0.0263. The standard InChI is InChI=1S/C14H9ClF2N2O2/c15-8-4-6-9(7-5-8)18-14(21)19-13(20)12-10(16)2-1-3-11(12)17/h1-7H,(H2,18,19,20,21)/i/hD2. The van der Waals surface area contributed by atoms with Gasteiger partial charge in [-0.1, -0.05) is 17.7 Å². The predicted molar refractivity (Wildman–Crippen MR) is 74.3 cm³/mol. The first-order valence-electron chi connectivity index (χ1n) is 6.58. The van der Waals surface area contributed by atoms with Crippen molar-refractivity contribution in [3.8, 4) is 0 Å². The molecule has 4 nitrogen and oxygen atoms in total. The fraction of sp³-hybridized carbons (Fsp3) is 0. The molecule has 0 radical (unpaired) electrons. The zero-order valence-electron chi connectivity index (χ0n) is 12.4. The number of carbonyl (C=O) groups excluding carboxylic acids is 2. The minimum Gasteiger partial charge on any atom is -0.308 e.